The first kappa shape index (κ1) is 14.0. The van der Waals surface area contributed by atoms with Gasteiger partial charge in [0.2, 0.25) is 5.91 Å². The number of hydrogen-bond donors (Lipinski definition) is 0. The van der Waals surface area contributed by atoms with Crippen molar-refractivity contribution in [3.8, 4) is 0 Å². The van der Waals surface area contributed by atoms with Crippen LogP contribution in [0.3, 0.4) is 0 Å². The van der Waals surface area contributed by atoms with Crippen molar-refractivity contribution in [2.45, 2.75) is 19.2 Å². The van der Waals surface area contributed by atoms with Crippen LogP contribution in [0.25, 0.3) is 0 Å². The number of nitrogens with zero attached hydrogens (tertiary/aromatic N) is 1. The number of rotatable bonds is 6. The maximum atomic E-state index is 12.0. The maximum absolute atomic E-state index is 12.0. The van der Waals surface area contributed by atoms with E-state index in [2.05, 4.69) is 0 Å². The maximum Gasteiger partial charge on any atom is 0.244 e. The Morgan fingerprint density at radius 1 is 1.41 bits per heavy atom. The van der Waals surface area contributed by atoms with Crippen LogP contribution in [0.4, 0.5) is 5.69 Å². The highest BCUT2D eigenvalue weighted by Gasteiger charge is 2.19. The molecule has 1 atom stereocenters. The fraction of sp³-hybridized carbons (Fsp3) is 0.462. The number of benzene rings is 1. The minimum Gasteiger partial charge on any atom is -0.380 e. The Morgan fingerprint density at radius 3 is 2.59 bits per heavy atom. The second-order valence-electron chi connectivity index (χ2n) is 3.64. The van der Waals surface area contributed by atoms with Gasteiger partial charge in [0.05, 0.1) is 6.61 Å². The van der Waals surface area contributed by atoms with Gasteiger partial charge in [0.15, 0.2) is 0 Å². The molecule has 0 aliphatic rings. The molecule has 3 nitrogen and oxygen atoms in total. The second kappa shape index (κ2) is 7.30. The zero-order valence-electron chi connectivity index (χ0n) is 10.2. The molecule has 0 aromatic heterocycles. The smallest absolute Gasteiger partial charge is 0.244 e. The first-order valence-corrected chi connectivity index (χ1v) is 6.18. The Balaban J connectivity index is 2.76. The van der Waals surface area contributed by atoms with Gasteiger partial charge < -0.3 is 9.64 Å². The van der Waals surface area contributed by atoms with Gasteiger partial charge in [-0.25, -0.2) is 0 Å². The van der Waals surface area contributed by atoms with Crippen LogP contribution in [-0.2, 0) is 9.53 Å². The summed E-state index contributed by atoms with van der Waals surface area (Å²) in [5.74, 6) is -0.0995. The van der Waals surface area contributed by atoms with Crippen LogP contribution >= 0.6 is 11.6 Å². The third-order valence-corrected chi connectivity index (χ3v) is 2.52. The van der Waals surface area contributed by atoms with Crippen molar-refractivity contribution in [2.75, 3.05) is 24.7 Å². The summed E-state index contributed by atoms with van der Waals surface area (Å²) in [6.45, 7) is 5.29. The van der Waals surface area contributed by atoms with Gasteiger partial charge in [0.1, 0.15) is 5.38 Å². The Morgan fingerprint density at radius 2 is 2.06 bits per heavy atom. The second-order valence-corrected chi connectivity index (χ2v) is 4.29. The fourth-order valence-corrected chi connectivity index (χ4v) is 1.61. The number of halogens is 1. The van der Waals surface area contributed by atoms with Gasteiger partial charge in [0, 0.05) is 18.8 Å². The van der Waals surface area contributed by atoms with Gasteiger partial charge in [-0.2, -0.15) is 0 Å². The lowest BCUT2D eigenvalue weighted by molar-refractivity contribution is -0.118. The molecule has 0 bridgehead atoms. The van der Waals surface area contributed by atoms with Crippen molar-refractivity contribution < 1.29 is 9.53 Å². The molecule has 0 saturated carbocycles. The summed E-state index contributed by atoms with van der Waals surface area (Å²) in [5.41, 5.74) is 0.852. The van der Waals surface area contributed by atoms with Gasteiger partial charge in [-0.15, -0.1) is 11.6 Å². The van der Waals surface area contributed by atoms with E-state index in [4.69, 9.17) is 16.3 Å². The molecular weight excluding hydrogens is 238 g/mol. The van der Waals surface area contributed by atoms with Crippen LogP contribution in [0.5, 0.6) is 0 Å². The highest BCUT2D eigenvalue weighted by atomic mass is 35.5. The monoisotopic (exact) mass is 255 g/mol. The molecule has 94 valence electrons. The summed E-state index contributed by atoms with van der Waals surface area (Å²) in [7, 11) is 0. The number of para-hydroxylation sites is 1. The molecular formula is C13H18ClNO2. The van der Waals surface area contributed by atoms with E-state index < -0.39 is 5.38 Å². The quantitative estimate of drug-likeness (QED) is 0.578. The Bertz CT molecular complexity index is 341. The molecule has 1 amide bonds. The molecule has 0 heterocycles. The summed E-state index contributed by atoms with van der Waals surface area (Å²) < 4.78 is 5.28. The van der Waals surface area contributed by atoms with E-state index in [1.165, 1.54) is 0 Å². The molecule has 0 spiro atoms. The Kier molecular flexibility index (Phi) is 6.01. The normalized spacial score (nSPS) is 12.2. The fourth-order valence-electron chi connectivity index (χ4n) is 1.49. The highest BCUT2D eigenvalue weighted by molar-refractivity contribution is 6.32. The van der Waals surface area contributed by atoms with E-state index in [-0.39, 0.29) is 5.91 Å². The van der Waals surface area contributed by atoms with Gasteiger partial charge in [-0.3, -0.25) is 4.79 Å². The predicted octanol–water partition coefficient (Wildman–Crippen LogP) is 2.68. The van der Waals surface area contributed by atoms with Gasteiger partial charge in [-0.05, 0) is 26.0 Å². The van der Waals surface area contributed by atoms with Crippen molar-refractivity contribution in [2.24, 2.45) is 0 Å². The van der Waals surface area contributed by atoms with Crippen LogP contribution < -0.4 is 4.90 Å². The molecule has 1 unspecified atom stereocenters. The van der Waals surface area contributed by atoms with E-state index in [1.54, 1.807) is 11.8 Å². The van der Waals surface area contributed by atoms with Crippen molar-refractivity contribution in [1.29, 1.82) is 0 Å². The summed E-state index contributed by atoms with van der Waals surface area (Å²) in [6.07, 6.45) is 0. The molecule has 4 heteroatoms. The van der Waals surface area contributed by atoms with Crippen molar-refractivity contribution >= 4 is 23.2 Å². The van der Waals surface area contributed by atoms with Crippen molar-refractivity contribution in [1.82, 2.24) is 0 Å². The standard InChI is InChI=1S/C13H18ClNO2/c1-3-17-10-9-15(13(16)11(2)14)12-7-5-4-6-8-12/h4-8,11H,3,9-10H2,1-2H3. The van der Waals surface area contributed by atoms with E-state index in [0.717, 1.165) is 5.69 Å². The number of carbonyl (C=O) groups is 1. The lowest BCUT2D eigenvalue weighted by Crippen LogP contribution is -2.38. The molecule has 0 aliphatic carbocycles. The summed E-state index contributed by atoms with van der Waals surface area (Å²) >= 11 is 5.85. The number of amides is 1. The average molecular weight is 256 g/mol. The largest absolute Gasteiger partial charge is 0.380 e. The van der Waals surface area contributed by atoms with Crippen molar-refractivity contribution in [3.63, 3.8) is 0 Å². The van der Waals surface area contributed by atoms with Crippen LogP contribution in [0, 0.1) is 0 Å². The van der Waals surface area contributed by atoms with Crippen LogP contribution in [0.2, 0.25) is 0 Å². The summed E-state index contributed by atoms with van der Waals surface area (Å²) in [5, 5.41) is -0.531. The molecule has 17 heavy (non-hydrogen) atoms. The summed E-state index contributed by atoms with van der Waals surface area (Å²) in [6, 6.07) is 9.50. The topological polar surface area (TPSA) is 29.5 Å². The predicted molar refractivity (Wildman–Crippen MR) is 70.6 cm³/mol. The number of carbonyl (C=O) groups excluding carboxylic acids is 1. The molecule has 0 saturated heterocycles. The number of anilines is 1. The first-order valence-electron chi connectivity index (χ1n) is 5.75. The van der Waals surface area contributed by atoms with Crippen molar-refractivity contribution in [3.05, 3.63) is 30.3 Å². The minimum absolute atomic E-state index is 0.0995. The highest BCUT2D eigenvalue weighted by Crippen LogP contribution is 2.15. The lowest BCUT2D eigenvalue weighted by Gasteiger charge is -2.23. The van der Waals surface area contributed by atoms with E-state index >= 15 is 0 Å². The molecule has 1 aromatic carbocycles. The molecule has 1 rings (SSSR count). The number of ether oxygens (including phenoxy) is 1. The summed E-state index contributed by atoms with van der Waals surface area (Å²) in [4.78, 5) is 13.6. The lowest BCUT2D eigenvalue weighted by atomic mass is 10.2. The number of alkyl halides is 1. The minimum atomic E-state index is -0.531. The van der Waals surface area contributed by atoms with E-state index in [1.807, 2.05) is 37.3 Å². The van der Waals surface area contributed by atoms with Gasteiger partial charge in [0.25, 0.3) is 0 Å². The SMILES string of the molecule is CCOCCN(C(=O)C(C)Cl)c1ccccc1. The average Bonchev–Trinajstić information content (AvgIpc) is 2.35. The molecule has 0 aliphatic heterocycles. The third kappa shape index (κ3) is 4.36. The molecule has 1 aromatic rings. The first-order chi connectivity index (χ1) is 8.16. The van der Waals surface area contributed by atoms with E-state index in [9.17, 15) is 4.79 Å². The van der Waals surface area contributed by atoms with Crippen LogP contribution in [0.1, 0.15) is 13.8 Å². The van der Waals surface area contributed by atoms with Crippen LogP contribution in [-0.4, -0.2) is 31.0 Å². The molecule has 0 fully saturated rings. The molecule has 0 N–H and O–H groups in total. The Hall–Kier alpha value is -1.06. The molecule has 0 radical (unpaired) electrons. The third-order valence-electron chi connectivity index (χ3n) is 2.34. The zero-order chi connectivity index (χ0) is 12.7. The van der Waals surface area contributed by atoms with Gasteiger partial charge >= 0.3 is 0 Å². The zero-order valence-corrected chi connectivity index (χ0v) is 11.0. The number of hydrogen-bond acceptors (Lipinski definition) is 2. The Labute approximate surface area is 107 Å². The van der Waals surface area contributed by atoms with Gasteiger partial charge in [-0.1, -0.05) is 18.2 Å². The van der Waals surface area contributed by atoms with Crippen LogP contribution in [0.15, 0.2) is 30.3 Å². The van der Waals surface area contributed by atoms with E-state index in [0.29, 0.717) is 19.8 Å².